The third-order valence-corrected chi connectivity index (χ3v) is 3.74. The summed E-state index contributed by atoms with van der Waals surface area (Å²) in [7, 11) is 1.59. The van der Waals surface area contributed by atoms with Gasteiger partial charge in [0, 0.05) is 28.8 Å². The topological polar surface area (TPSA) is 123 Å². The second-order valence-corrected chi connectivity index (χ2v) is 5.44. The molecule has 9 nitrogen and oxygen atoms in total. The number of nitrogens with zero attached hydrogens (tertiary/aromatic N) is 3. The Morgan fingerprint density at radius 2 is 2.07 bits per heavy atom. The Morgan fingerprint density at radius 1 is 1.30 bits per heavy atom. The van der Waals surface area contributed by atoms with Crippen LogP contribution in [0.2, 0.25) is 0 Å². The number of nitrogens with one attached hydrogen (secondary N) is 2. The van der Waals surface area contributed by atoms with E-state index in [0.717, 1.165) is 17.0 Å². The van der Waals surface area contributed by atoms with E-state index < -0.39 is 10.8 Å². The summed E-state index contributed by atoms with van der Waals surface area (Å²) in [6.07, 6.45) is 3.01. The number of carbonyl (C=O) groups excluding carboxylic acids is 1. The minimum atomic E-state index is -0.563. The van der Waals surface area contributed by atoms with Crippen LogP contribution < -0.4 is 10.2 Å². The van der Waals surface area contributed by atoms with Crippen LogP contribution >= 0.6 is 0 Å². The average molecular weight is 365 g/mol. The van der Waals surface area contributed by atoms with E-state index in [1.165, 1.54) is 30.5 Å². The van der Waals surface area contributed by atoms with Crippen molar-refractivity contribution in [2.24, 2.45) is 5.10 Å². The number of methoxy groups -OCH3 is 1. The zero-order valence-corrected chi connectivity index (χ0v) is 14.2. The van der Waals surface area contributed by atoms with Crippen LogP contribution in [0.1, 0.15) is 15.9 Å². The SMILES string of the molecule is COc1ccc(-c2[nH]ncc2/C=N/NC(=O)c2cccc([N+](=O)[O-])c2)cc1. The van der Waals surface area contributed by atoms with Crippen molar-refractivity contribution in [3.8, 4) is 17.0 Å². The number of amides is 1. The highest BCUT2D eigenvalue weighted by molar-refractivity contribution is 5.96. The highest BCUT2D eigenvalue weighted by Crippen LogP contribution is 2.22. The lowest BCUT2D eigenvalue weighted by Gasteiger charge is -2.03. The molecule has 1 aromatic heterocycles. The van der Waals surface area contributed by atoms with Crippen molar-refractivity contribution < 1.29 is 14.5 Å². The summed E-state index contributed by atoms with van der Waals surface area (Å²) in [6, 6.07) is 12.8. The fraction of sp³-hybridized carbons (Fsp3) is 0.0556. The predicted octanol–water partition coefficient (Wildman–Crippen LogP) is 2.76. The molecular formula is C18H15N5O4. The van der Waals surface area contributed by atoms with Gasteiger partial charge >= 0.3 is 0 Å². The van der Waals surface area contributed by atoms with E-state index in [0.29, 0.717) is 5.56 Å². The Kier molecular flexibility index (Phi) is 5.22. The Hall–Kier alpha value is -4.01. The lowest BCUT2D eigenvalue weighted by molar-refractivity contribution is -0.384. The summed E-state index contributed by atoms with van der Waals surface area (Å²) >= 11 is 0. The molecule has 0 bridgehead atoms. The molecule has 0 atom stereocenters. The molecule has 0 spiro atoms. The largest absolute Gasteiger partial charge is 0.497 e. The zero-order valence-electron chi connectivity index (χ0n) is 14.2. The maximum atomic E-state index is 12.1. The van der Waals surface area contributed by atoms with Crippen molar-refractivity contribution in [2.75, 3.05) is 7.11 Å². The molecule has 0 radical (unpaired) electrons. The predicted molar refractivity (Wildman–Crippen MR) is 98.7 cm³/mol. The summed E-state index contributed by atoms with van der Waals surface area (Å²) in [5.74, 6) is 0.183. The van der Waals surface area contributed by atoms with Gasteiger partial charge in [-0.3, -0.25) is 20.0 Å². The van der Waals surface area contributed by atoms with Crippen LogP contribution in [0.3, 0.4) is 0 Å². The Balaban J connectivity index is 1.72. The van der Waals surface area contributed by atoms with Crippen LogP contribution in [0, 0.1) is 10.1 Å². The van der Waals surface area contributed by atoms with Gasteiger partial charge in [0.2, 0.25) is 0 Å². The Bertz CT molecular complexity index is 995. The number of rotatable bonds is 6. The zero-order chi connectivity index (χ0) is 19.2. The third-order valence-electron chi connectivity index (χ3n) is 3.74. The summed E-state index contributed by atoms with van der Waals surface area (Å²) < 4.78 is 5.13. The number of hydrazone groups is 1. The summed E-state index contributed by atoms with van der Waals surface area (Å²) in [4.78, 5) is 22.3. The molecule has 27 heavy (non-hydrogen) atoms. The summed E-state index contributed by atoms with van der Waals surface area (Å²) in [5.41, 5.74) is 4.59. The average Bonchev–Trinajstić information content (AvgIpc) is 3.16. The first-order valence-corrected chi connectivity index (χ1v) is 7.84. The van der Waals surface area contributed by atoms with Crippen molar-refractivity contribution in [3.63, 3.8) is 0 Å². The number of hydrogen-bond acceptors (Lipinski definition) is 6. The highest BCUT2D eigenvalue weighted by Gasteiger charge is 2.11. The number of H-pyrrole nitrogens is 1. The number of ether oxygens (including phenoxy) is 1. The van der Waals surface area contributed by atoms with Crippen LogP contribution in [0.4, 0.5) is 5.69 Å². The lowest BCUT2D eigenvalue weighted by Crippen LogP contribution is -2.17. The van der Waals surface area contributed by atoms with Crippen molar-refractivity contribution in [3.05, 3.63) is 76.0 Å². The molecule has 0 aliphatic carbocycles. The molecule has 1 amide bonds. The second-order valence-electron chi connectivity index (χ2n) is 5.44. The Morgan fingerprint density at radius 3 is 2.78 bits per heavy atom. The number of benzene rings is 2. The van der Waals surface area contributed by atoms with Gasteiger partial charge in [0.1, 0.15) is 5.75 Å². The van der Waals surface area contributed by atoms with Crippen LogP contribution in [-0.4, -0.2) is 34.4 Å². The molecule has 3 aromatic rings. The van der Waals surface area contributed by atoms with Crippen LogP contribution in [0.25, 0.3) is 11.3 Å². The van der Waals surface area contributed by atoms with Crippen molar-refractivity contribution >= 4 is 17.8 Å². The van der Waals surface area contributed by atoms with Gasteiger partial charge in [-0.15, -0.1) is 0 Å². The standard InChI is InChI=1S/C18H15N5O4/c1-27-16-7-5-12(6-8-16)17-14(10-19-21-17)11-20-22-18(24)13-3-2-4-15(9-13)23(25)26/h2-11H,1H3,(H,19,21)(H,22,24)/b20-11+. The molecule has 0 aliphatic rings. The Labute approximate surface area is 153 Å². The number of carbonyl (C=O) groups is 1. The van der Waals surface area contributed by atoms with E-state index in [1.807, 2.05) is 24.3 Å². The smallest absolute Gasteiger partial charge is 0.271 e. The molecule has 0 saturated carbocycles. The normalized spacial score (nSPS) is 10.7. The van der Waals surface area contributed by atoms with Crippen LogP contribution in [-0.2, 0) is 0 Å². The first kappa shape index (κ1) is 17.8. The number of hydrogen-bond donors (Lipinski definition) is 2. The fourth-order valence-electron chi connectivity index (χ4n) is 2.37. The molecule has 0 unspecified atom stereocenters. The van der Waals surface area contributed by atoms with Gasteiger partial charge in [0.15, 0.2) is 0 Å². The van der Waals surface area contributed by atoms with Crippen LogP contribution in [0.15, 0.2) is 59.8 Å². The van der Waals surface area contributed by atoms with Gasteiger partial charge < -0.3 is 4.74 Å². The minimum absolute atomic E-state index is 0.143. The quantitative estimate of drug-likeness (QED) is 0.395. The fourth-order valence-corrected chi connectivity index (χ4v) is 2.37. The number of aromatic amines is 1. The number of nitro benzene ring substituents is 1. The number of non-ortho nitro benzene ring substituents is 1. The molecular weight excluding hydrogens is 350 g/mol. The first-order chi connectivity index (χ1) is 13.1. The molecule has 0 aliphatic heterocycles. The van der Waals surface area contributed by atoms with E-state index >= 15 is 0 Å². The van der Waals surface area contributed by atoms with Gasteiger partial charge in [-0.2, -0.15) is 10.2 Å². The monoisotopic (exact) mass is 365 g/mol. The van der Waals surface area contributed by atoms with E-state index in [4.69, 9.17) is 4.74 Å². The van der Waals surface area contributed by atoms with Gasteiger partial charge in [-0.25, -0.2) is 5.43 Å². The van der Waals surface area contributed by atoms with Gasteiger partial charge in [-0.1, -0.05) is 6.07 Å². The lowest BCUT2D eigenvalue weighted by atomic mass is 10.1. The van der Waals surface area contributed by atoms with Crippen molar-refractivity contribution in [1.82, 2.24) is 15.6 Å². The van der Waals surface area contributed by atoms with Crippen molar-refractivity contribution in [2.45, 2.75) is 0 Å². The third kappa shape index (κ3) is 4.15. The van der Waals surface area contributed by atoms with Gasteiger partial charge in [0.25, 0.3) is 11.6 Å². The summed E-state index contributed by atoms with van der Waals surface area (Å²) in [5, 5.41) is 21.6. The van der Waals surface area contributed by atoms with Crippen LogP contribution in [0.5, 0.6) is 5.75 Å². The second kappa shape index (κ2) is 7.91. The van der Waals surface area contributed by atoms with E-state index in [9.17, 15) is 14.9 Å². The molecule has 1 heterocycles. The molecule has 0 saturated heterocycles. The number of nitro groups is 1. The maximum absolute atomic E-state index is 12.1. The molecule has 9 heteroatoms. The molecule has 3 rings (SSSR count). The molecule has 2 N–H and O–H groups in total. The molecule has 136 valence electrons. The summed E-state index contributed by atoms with van der Waals surface area (Å²) in [6.45, 7) is 0. The van der Waals surface area contributed by atoms with Crippen molar-refractivity contribution in [1.29, 1.82) is 0 Å². The highest BCUT2D eigenvalue weighted by atomic mass is 16.6. The van der Waals surface area contributed by atoms with Gasteiger partial charge in [-0.05, 0) is 30.3 Å². The molecule has 0 fully saturated rings. The first-order valence-electron chi connectivity index (χ1n) is 7.84. The van der Waals surface area contributed by atoms with E-state index in [-0.39, 0.29) is 11.3 Å². The number of aromatic nitrogens is 2. The van der Waals surface area contributed by atoms with Gasteiger partial charge in [0.05, 0.1) is 30.1 Å². The minimum Gasteiger partial charge on any atom is -0.497 e. The van der Waals surface area contributed by atoms with E-state index in [1.54, 1.807) is 13.3 Å². The van der Waals surface area contributed by atoms with E-state index in [2.05, 4.69) is 20.7 Å². The molecule has 2 aromatic carbocycles. The maximum Gasteiger partial charge on any atom is 0.271 e.